The molecule has 2 N–H and O–H groups in total. The van der Waals surface area contributed by atoms with E-state index in [1.807, 2.05) is 19.1 Å². The van der Waals surface area contributed by atoms with Gasteiger partial charge in [-0.2, -0.15) is 0 Å². The fraction of sp³-hybridized carbons (Fsp3) is 0.391. The average molecular weight is 405 g/mol. The Balaban J connectivity index is 1.44. The smallest absolute Gasteiger partial charge is 0.185 e. The summed E-state index contributed by atoms with van der Waals surface area (Å²) >= 11 is 0. The standard InChI is InChI=1S/C23H24FN5O/c1-13(17-10-22(2)5-6-23(3,29-22)20(17)24)18-12-26-21(28-27-18)16-8-14-4-7-25-11-15(14)9-19(16)30/h4,7-9,11-12,17,20,29-30H,1,5-6,10H2,2-3H3/t17-,20-,22+,23-/m1/s1. The maximum Gasteiger partial charge on any atom is 0.185 e. The highest BCUT2D eigenvalue weighted by atomic mass is 19.1. The molecule has 0 saturated carbocycles. The summed E-state index contributed by atoms with van der Waals surface area (Å²) in [6.07, 6.45) is 6.34. The van der Waals surface area contributed by atoms with Crippen LogP contribution >= 0.6 is 0 Å². The van der Waals surface area contributed by atoms with Gasteiger partial charge >= 0.3 is 0 Å². The van der Waals surface area contributed by atoms with Gasteiger partial charge in [0.05, 0.1) is 11.8 Å². The predicted molar refractivity (Wildman–Crippen MR) is 113 cm³/mol. The Kier molecular flexibility index (Phi) is 4.15. The Morgan fingerprint density at radius 1 is 1.20 bits per heavy atom. The van der Waals surface area contributed by atoms with E-state index in [4.69, 9.17) is 0 Å². The van der Waals surface area contributed by atoms with Crippen molar-refractivity contribution < 1.29 is 9.50 Å². The van der Waals surface area contributed by atoms with Crippen LogP contribution in [0.4, 0.5) is 4.39 Å². The number of pyridine rings is 1. The number of hydrogen-bond acceptors (Lipinski definition) is 6. The summed E-state index contributed by atoms with van der Waals surface area (Å²) in [4.78, 5) is 8.46. The zero-order valence-electron chi connectivity index (χ0n) is 17.1. The van der Waals surface area contributed by atoms with E-state index in [0.29, 0.717) is 29.1 Å². The molecule has 4 heterocycles. The molecular weight excluding hydrogens is 381 g/mol. The summed E-state index contributed by atoms with van der Waals surface area (Å²) in [6.45, 7) is 8.25. The first-order valence-electron chi connectivity index (χ1n) is 10.2. The fourth-order valence-corrected chi connectivity index (χ4v) is 5.08. The molecule has 2 saturated heterocycles. The van der Waals surface area contributed by atoms with Crippen LogP contribution in [-0.2, 0) is 0 Å². The van der Waals surface area contributed by atoms with E-state index in [0.717, 1.165) is 23.6 Å². The van der Waals surface area contributed by atoms with Crippen LogP contribution in [0.5, 0.6) is 5.75 Å². The van der Waals surface area contributed by atoms with Crippen molar-refractivity contribution in [3.8, 4) is 17.1 Å². The van der Waals surface area contributed by atoms with Gasteiger partial charge in [0.2, 0.25) is 0 Å². The lowest BCUT2D eigenvalue weighted by atomic mass is 9.75. The maximum absolute atomic E-state index is 15.3. The van der Waals surface area contributed by atoms with Crippen LogP contribution in [0.1, 0.15) is 38.8 Å². The molecule has 1 aromatic carbocycles. The Morgan fingerprint density at radius 3 is 2.80 bits per heavy atom. The van der Waals surface area contributed by atoms with Gasteiger partial charge in [-0.05, 0) is 62.3 Å². The van der Waals surface area contributed by atoms with Gasteiger partial charge in [0.15, 0.2) is 5.82 Å². The minimum atomic E-state index is -1.04. The summed E-state index contributed by atoms with van der Waals surface area (Å²) in [7, 11) is 0. The van der Waals surface area contributed by atoms with Crippen molar-refractivity contribution in [2.45, 2.75) is 50.4 Å². The number of nitrogens with zero attached hydrogens (tertiary/aromatic N) is 4. The van der Waals surface area contributed by atoms with Crippen molar-refractivity contribution in [2.24, 2.45) is 5.92 Å². The summed E-state index contributed by atoms with van der Waals surface area (Å²) in [5.41, 5.74) is 0.986. The minimum Gasteiger partial charge on any atom is -0.507 e. The molecule has 3 aromatic rings. The lowest BCUT2D eigenvalue weighted by Gasteiger charge is -2.45. The van der Waals surface area contributed by atoms with E-state index in [1.54, 1.807) is 24.7 Å². The van der Waals surface area contributed by atoms with Crippen LogP contribution in [0.2, 0.25) is 0 Å². The number of benzene rings is 1. The SMILES string of the molecule is C=C(c1cnc(-c2cc3ccncc3cc2O)nn1)[C@H]1C[C@]2(C)CC[C@@](C)(N2)[C@@H]1F. The molecule has 5 rings (SSSR count). The summed E-state index contributed by atoms with van der Waals surface area (Å²) in [5.74, 6) is 0.0413. The molecule has 0 amide bonds. The van der Waals surface area contributed by atoms with E-state index >= 15 is 4.39 Å². The number of allylic oxidation sites excluding steroid dienone is 1. The minimum absolute atomic E-state index is 0.0588. The monoisotopic (exact) mass is 405 g/mol. The van der Waals surface area contributed by atoms with Crippen LogP contribution in [-0.4, -0.2) is 42.5 Å². The number of fused-ring (bicyclic) bond motifs is 3. The Morgan fingerprint density at radius 2 is 2.03 bits per heavy atom. The number of hydrogen-bond donors (Lipinski definition) is 2. The van der Waals surface area contributed by atoms with Crippen molar-refractivity contribution in [3.63, 3.8) is 0 Å². The molecule has 2 aromatic heterocycles. The van der Waals surface area contributed by atoms with E-state index in [-0.39, 0.29) is 17.2 Å². The van der Waals surface area contributed by atoms with E-state index < -0.39 is 11.7 Å². The van der Waals surface area contributed by atoms with E-state index in [2.05, 4.69) is 39.0 Å². The Hall–Kier alpha value is -2.93. The molecular formula is C23H24FN5O. The third kappa shape index (κ3) is 2.96. The highest BCUT2D eigenvalue weighted by molar-refractivity contribution is 5.88. The fourth-order valence-electron chi connectivity index (χ4n) is 5.08. The van der Waals surface area contributed by atoms with E-state index in [1.165, 1.54) is 0 Å². The van der Waals surface area contributed by atoms with Crippen LogP contribution in [0.25, 0.3) is 27.7 Å². The number of nitrogens with one attached hydrogen (secondary N) is 1. The van der Waals surface area contributed by atoms with Gasteiger partial charge in [0.25, 0.3) is 0 Å². The molecule has 7 heteroatoms. The molecule has 0 aliphatic carbocycles. The number of rotatable bonds is 3. The highest BCUT2D eigenvalue weighted by Crippen LogP contribution is 2.49. The van der Waals surface area contributed by atoms with Gasteiger partial charge in [-0.1, -0.05) is 6.58 Å². The molecule has 4 atom stereocenters. The van der Waals surface area contributed by atoms with Gasteiger partial charge in [-0.3, -0.25) is 4.98 Å². The lowest BCUT2D eigenvalue weighted by Crippen LogP contribution is -2.60. The molecule has 0 spiro atoms. The van der Waals surface area contributed by atoms with Crippen molar-refractivity contribution in [2.75, 3.05) is 0 Å². The number of phenolic OH excluding ortho intramolecular Hbond substituents is 1. The number of halogens is 1. The number of piperidine rings is 1. The number of alkyl halides is 1. The first kappa shape index (κ1) is 19.1. The molecule has 154 valence electrons. The first-order chi connectivity index (χ1) is 14.3. The van der Waals surface area contributed by atoms with Crippen molar-refractivity contribution in [1.82, 2.24) is 25.5 Å². The molecule has 30 heavy (non-hydrogen) atoms. The largest absolute Gasteiger partial charge is 0.507 e. The number of aromatic nitrogens is 4. The number of phenols is 1. The van der Waals surface area contributed by atoms with Gasteiger partial charge in [-0.15, -0.1) is 10.2 Å². The second kappa shape index (κ2) is 6.54. The zero-order chi connectivity index (χ0) is 21.1. The molecule has 2 fully saturated rings. The second-order valence-corrected chi connectivity index (χ2v) is 9.10. The van der Waals surface area contributed by atoms with Gasteiger partial charge < -0.3 is 10.4 Å². The molecule has 2 aliphatic rings. The third-order valence-electron chi connectivity index (χ3n) is 6.75. The molecule has 0 unspecified atom stereocenters. The van der Waals surface area contributed by atoms with Crippen molar-refractivity contribution >= 4 is 16.3 Å². The highest BCUT2D eigenvalue weighted by Gasteiger charge is 2.55. The van der Waals surface area contributed by atoms with Crippen LogP contribution in [0.15, 0.2) is 43.4 Å². The molecule has 2 aliphatic heterocycles. The van der Waals surface area contributed by atoms with Gasteiger partial charge in [-0.25, -0.2) is 9.37 Å². The maximum atomic E-state index is 15.3. The first-order valence-corrected chi connectivity index (χ1v) is 10.2. The topological polar surface area (TPSA) is 83.8 Å². The molecule has 0 radical (unpaired) electrons. The lowest BCUT2D eigenvalue weighted by molar-refractivity contribution is 0.0770. The van der Waals surface area contributed by atoms with Crippen LogP contribution in [0.3, 0.4) is 0 Å². The average Bonchev–Trinajstić information content (AvgIpc) is 3.02. The number of aromatic hydroxyl groups is 1. The van der Waals surface area contributed by atoms with E-state index in [9.17, 15) is 5.11 Å². The molecule has 2 bridgehead atoms. The Labute approximate surface area is 174 Å². The normalized spacial score (nSPS) is 30.5. The zero-order valence-corrected chi connectivity index (χ0v) is 17.1. The Bertz CT molecular complexity index is 1150. The second-order valence-electron chi connectivity index (χ2n) is 9.10. The quantitative estimate of drug-likeness (QED) is 0.684. The summed E-state index contributed by atoms with van der Waals surface area (Å²) < 4.78 is 15.3. The van der Waals surface area contributed by atoms with Crippen LogP contribution in [0, 0.1) is 5.92 Å². The molecule has 6 nitrogen and oxygen atoms in total. The van der Waals surface area contributed by atoms with Gasteiger partial charge in [0.1, 0.15) is 17.6 Å². The summed E-state index contributed by atoms with van der Waals surface area (Å²) in [6, 6.07) is 5.30. The van der Waals surface area contributed by atoms with Crippen molar-refractivity contribution in [1.29, 1.82) is 0 Å². The van der Waals surface area contributed by atoms with Crippen molar-refractivity contribution in [3.05, 3.63) is 49.1 Å². The van der Waals surface area contributed by atoms with Crippen LogP contribution < -0.4 is 5.32 Å². The predicted octanol–water partition coefficient (Wildman–Crippen LogP) is 4.06. The summed E-state index contributed by atoms with van der Waals surface area (Å²) in [5, 5.41) is 24.1. The van der Waals surface area contributed by atoms with Gasteiger partial charge in [0, 0.05) is 34.8 Å². The third-order valence-corrected chi connectivity index (χ3v) is 6.75.